The van der Waals surface area contributed by atoms with E-state index in [1.165, 1.54) is 27.8 Å². The van der Waals surface area contributed by atoms with Gasteiger partial charge >= 0.3 is 0 Å². The number of rotatable bonds is 5. The van der Waals surface area contributed by atoms with Crippen LogP contribution in [0.3, 0.4) is 0 Å². The predicted molar refractivity (Wildman–Crippen MR) is 239 cm³/mol. The molecule has 1 aliphatic carbocycles. The van der Waals surface area contributed by atoms with E-state index in [-0.39, 0.29) is 5.41 Å². The molecule has 0 N–H and O–H groups in total. The highest BCUT2D eigenvalue weighted by atomic mass is 16.3. The van der Waals surface area contributed by atoms with E-state index >= 15 is 0 Å². The van der Waals surface area contributed by atoms with E-state index in [0.29, 0.717) is 17.5 Å². The summed E-state index contributed by atoms with van der Waals surface area (Å²) in [5, 5.41) is 3.97. The standard InChI is InChI=1S/C54H35N3O2/c1-54(2)43-21-8-6-15-37(43)38-18-10-17-36(50(38)54)35-29-30-45-42(31-35)49-41(20-12-24-47(49)59-45)53-56-51(34-27-25-33(26-28-34)32-13-4-3-5-14-32)55-52(57-53)40-19-11-23-46-48(40)39-16-7-9-22-44(39)58-46/h3-31H,1-2H3. The molecule has 5 nitrogen and oxygen atoms in total. The molecule has 0 bridgehead atoms. The van der Waals surface area contributed by atoms with Crippen molar-refractivity contribution in [2.45, 2.75) is 19.3 Å². The molecule has 8 aromatic carbocycles. The Balaban J connectivity index is 1.07. The Hall–Kier alpha value is -7.63. The largest absolute Gasteiger partial charge is 0.456 e. The van der Waals surface area contributed by atoms with Crippen molar-refractivity contribution in [3.8, 4) is 67.5 Å². The second-order valence-corrected chi connectivity index (χ2v) is 15.9. The van der Waals surface area contributed by atoms with Crippen LogP contribution in [-0.2, 0) is 5.41 Å². The van der Waals surface area contributed by atoms with Gasteiger partial charge in [-0.2, -0.15) is 0 Å². The first-order chi connectivity index (χ1) is 29.0. The van der Waals surface area contributed by atoms with Gasteiger partial charge in [-0.3, -0.25) is 0 Å². The summed E-state index contributed by atoms with van der Waals surface area (Å²) >= 11 is 0. The van der Waals surface area contributed by atoms with E-state index in [1.807, 2.05) is 48.5 Å². The lowest BCUT2D eigenvalue weighted by atomic mass is 9.79. The first-order valence-corrected chi connectivity index (χ1v) is 20.0. The van der Waals surface area contributed by atoms with Gasteiger partial charge in [0.05, 0.1) is 0 Å². The minimum absolute atomic E-state index is 0.152. The number of hydrogen-bond acceptors (Lipinski definition) is 5. The van der Waals surface area contributed by atoms with Gasteiger partial charge in [-0.05, 0) is 74.8 Å². The maximum atomic E-state index is 6.59. The third kappa shape index (κ3) is 5.14. The van der Waals surface area contributed by atoms with Gasteiger partial charge in [0.25, 0.3) is 0 Å². The molecule has 12 rings (SSSR count). The average Bonchev–Trinajstić information content (AvgIpc) is 3.94. The van der Waals surface area contributed by atoms with Gasteiger partial charge in [0.1, 0.15) is 22.3 Å². The summed E-state index contributed by atoms with van der Waals surface area (Å²) in [5.74, 6) is 1.72. The predicted octanol–water partition coefficient (Wildman–Crippen LogP) is 14.3. The van der Waals surface area contributed by atoms with E-state index in [4.69, 9.17) is 23.8 Å². The van der Waals surface area contributed by atoms with Crippen molar-refractivity contribution in [1.29, 1.82) is 0 Å². The summed E-state index contributed by atoms with van der Waals surface area (Å²) in [7, 11) is 0. The van der Waals surface area contributed by atoms with Crippen LogP contribution in [0.4, 0.5) is 0 Å². The lowest BCUT2D eigenvalue weighted by molar-refractivity contribution is 0.662. The molecule has 3 heterocycles. The van der Waals surface area contributed by atoms with Crippen molar-refractivity contribution in [1.82, 2.24) is 15.0 Å². The van der Waals surface area contributed by atoms with Gasteiger partial charge < -0.3 is 8.83 Å². The normalized spacial score (nSPS) is 13.1. The molecule has 0 aliphatic heterocycles. The number of para-hydroxylation sites is 1. The Morgan fingerprint density at radius 3 is 1.63 bits per heavy atom. The van der Waals surface area contributed by atoms with Gasteiger partial charge in [-0.1, -0.05) is 159 Å². The van der Waals surface area contributed by atoms with E-state index in [1.54, 1.807) is 0 Å². The van der Waals surface area contributed by atoms with Crippen LogP contribution in [0.1, 0.15) is 25.0 Å². The Bertz CT molecular complexity index is 3470. The number of furan rings is 2. The molecule has 0 saturated carbocycles. The molecule has 1 aliphatic rings. The molecule has 0 spiro atoms. The van der Waals surface area contributed by atoms with Crippen molar-refractivity contribution < 1.29 is 8.83 Å². The SMILES string of the molecule is CC1(C)c2ccccc2-c2cccc(-c3ccc4oc5cccc(-c6nc(-c7ccc(-c8ccccc8)cc7)nc(-c7cccc8oc9ccccc9c78)n6)c5c4c3)c21. The lowest BCUT2D eigenvalue weighted by Gasteiger charge is -2.24. The van der Waals surface area contributed by atoms with E-state index in [0.717, 1.165) is 77.3 Å². The molecular formula is C54H35N3O2. The van der Waals surface area contributed by atoms with Crippen molar-refractivity contribution in [3.63, 3.8) is 0 Å². The third-order valence-electron chi connectivity index (χ3n) is 12.2. The van der Waals surface area contributed by atoms with Crippen LogP contribution in [-0.4, -0.2) is 15.0 Å². The fourth-order valence-corrected chi connectivity index (χ4v) is 9.42. The van der Waals surface area contributed by atoms with Crippen LogP contribution < -0.4 is 0 Å². The zero-order valence-electron chi connectivity index (χ0n) is 32.4. The second-order valence-electron chi connectivity index (χ2n) is 15.9. The number of aromatic nitrogens is 3. The smallest absolute Gasteiger partial charge is 0.164 e. The van der Waals surface area contributed by atoms with Crippen LogP contribution in [0.5, 0.6) is 0 Å². The molecule has 0 unspecified atom stereocenters. The Labute approximate surface area is 340 Å². The lowest BCUT2D eigenvalue weighted by Crippen LogP contribution is -2.16. The Morgan fingerprint density at radius 1 is 0.356 bits per heavy atom. The van der Waals surface area contributed by atoms with Crippen molar-refractivity contribution in [2.75, 3.05) is 0 Å². The first kappa shape index (κ1) is 33.5. The highest BCUT2D eigenvalue weighted by Crippen LogP contribution is 2.52. The van der Waals surface area contributed by atoms with Gasteiger partial charge in [0.2, 0.25) is 0 Å². The molecule has 3 aromatic heterocycles. The molecule has 0 amide bonds. The van der Waals surface area contributed by atoms with Crippen LogP contribution >= 0.6 is 0 Å². The molecule has 11 aromatic rings. The molecule has 59 heavy (non-hydrogen) atoms. The Kier molecular flexibility index (Phi) is 7.20. The quantitative estimate of drug-likeness (QED) is 0.175. The van der Waals surface area contributed by atoms with Gasteiger partial charge in [0.15, 0.2) is 17.5 Å². The first-order valence-electron chi connectivity index (χ1n) is 20.0. The third-order valence-corrected chi connectivity index (χ3v) is 12.2. The average molecular weight is 758 g/mol. The highest BCUT2D eigenvalue weighted by molar-refractivity contribution is 6.14. The van der Waals surface area contributed by atoms with Crippen LogP contribution in [0.25, 0.3) is 111 Å². The number of fused-ring (bicyclic) bond motifs is 9. The van der Waals surface area contributed by atoms with Gasteiger partial charge in [-0.25, -0.2) is 15.0 Å². The summed E-state index contributed by atoms with van der Waals surface area (Å²) < 4.78 is 12.9. The molecule has 5 heteroatoms. The molecule has 0 saturated heterocycles. The van der Waals surface area contributed by atoms with Gasteiger partial charge in [0, 0.05) is 43.7 Å². The van der Waals surface area contributed by atoms with Gasteiger partial charge in [-0.15, -0.1) is 0 Å². The summed E-state index contributed by atoms with van der Waals surface area (Å²) in [4.78, 5) is 15.8. The summed E-state index contributed by atoms with van der Waals surface area (Å²) in [5.41, 5.74) is 15.6. The summed E-state index contributed by atoms with van der Waals surface area (Å²) in [6, 6.07) is 61.3. The van der Waals surface area contributed by atoms with E-state index < -0.39 is 0 Å². The van der Waals surface area contributed by atoms with Crippen molar-refractivity contribution in [2.24, 2.45) is 0 Å². The summed E-state index contributed by atoms with van der Waals surface area (Å²) in [6.45, 7) is 4.67. The molecule has 0 radical (unpaired) electrons. The monoisotopic (exact) mass is 757 g/mol. The van der Waals surface area contributed by atoms with Crippen LogP contribution in [0.15, 0.2) is 185 Å². The summed E-state index contributed by atoms with van der Waals surface area (Å²) in [6.07, 6.45) is 0. The van der Waals surface area contributed by atoms with Crippen LogP contribution in [0, 0.1) is 0 Å². The van der Waals surface area contributed by atoms with E-state index in [2.05, 4.69) is 141 Å². The fraction of sp³-hybridized carbons (Fsp3) is 0.0556. The zero-order valence-corrected chi connectivity index (χ0v) is 32.4. The van der Waals surface area contributed by atoms with Crippen LogP contribution in [0.2, 0.25) is 0 Å². The van der Waals surface area contributed by atoms with Crippen molar-refractivity contribution in [3.05, 3.63) is 187 Å². The molecule has 0 fully saturated rings. The Morgan fingerprint density at radius 2 is 0.864 bits per heavy atom. The minimum atomic E-state index is -0.152. The molecular weight excluding hydrogens is 723 g/mol. The maximum absolute atomic E-state index is 6.59. The fourth-order valence-electron chi connectivity index (χ4n) is 9.42. The topological polar surface area (TPSA) is 65.0 Å². The number of nitrogens with zero attached hydrogens (tertiary/aromatic N) is 3. The van der Waals surface area contributed by atoms with Crippen molar-refractivity contribution >= 4 is 43.9 Å². The zero-order chi connectivity index (χ0) is 39.2. The highest BCUT2D eigenvalue weighted by Gasteiger charge is 2.37. The number of benzene rings is 8. The second kappa shape index (κ2) is 12.7. The number of hydrogen-bond donors (Lipinski definition) is 0. The molecule has 278 valence electrons. The molecule has 0 atom stereocenters. The minimum Gasteiger partial charge on any atom is -0.456 e. The van der Waals surface area contributed by atoms with E-state index in [9.17, 15) is 0 Å². The maximum Gasteiger partial charge on any atom is 0.164 e.